The summed E-state index contributed by atoms with van der Waals surface area (Å²) < 4.78 is 3.77. The van der Waals surface area contributed by atoms with Gasteiger partial charge < -0.3 is 14.8 Å². The number of carbonyl (C=O) groups is 1. The van der Waals surface area contributed by atoms with E-state index in [1.807, 2.05) is 42.2 Å². The number of nitrogens with zero attached hydrogens (tertiary/aromatic N) is 6. The molecule has 3 heterocycles. The molecule has 2 amide bonds. The van der Waals surface area contributed by atoms with Crippen LogP contribution in [0.3, 0.4) is 0 Å². The van der Waals surface area contributed by atoms with Crippen LogP contribution in [0.5, 0.6) is 0 Å². The van der Waals surface area contributed by atoms with E-state index in [2.05, 4.69) is 27.2 Å². The molecule has 2 aromatic rings. The van der Waals surface area contributed by atoms with Crippen molar-refractivity contribution in [1.29, 1.82) is 0 Å². The third kappa shape index (κ3) is 3.43. The van der Waals surface area contributed by atoms with Gasteiger partial charge in [-0.2, -0.15) is 5.10 Å². The Kier molecular flexibility index (Phi) is 4.84. The minimum absolute atomic E-state index is 0.0335. The molecule has 0 aliphatic carbocycles. The van der Waals surface area contributed by atoms with E-state index in [1.165, 1.54) is 0 Å². The topological polar surface area (TPSA) is 71.2 Å². The van der Waals surface area contributed by atoms with Gasteiger partial charge in [0.1, 0.15) is 5.82 Å². The van der Waals surface area contributed by atoms with Crippen LogP contribution < -0.4 is 5.32 Å². The minimum atomic E-state index is -0.0335. The zero-order valence-corrected chi connectivity index (χ0v) is 14.5. The highest BCUT2D eigenvalue weighted by molar-refractivity contribution is 5.74. The molecule has 8 heteroatoms. The quantitative estimate of drug-likeness (QED) is 0.897. The van der Waals surface area contributed by atoms with Crippen molar-refractivity contribution >= 4 is 6.03 Å². The Morgan fingerprint density at radius 2 is 2.21 bits per heavy atom. The lowest BCUT2D eigenvalue weighted by atomic mass is 10.1. The van der Waals surface area contributed by atoms with E-state index in [9.17, 15) is 4.79 Å². The van der Waals surface area contributed by atoms with Crippen LogP contribution in [0.2, 0.25) is 0 Å². The minimum Gasteiger partial charge on any atom is -0.337 e. The van der Waals surface area contributed by atoms with Crippen LogP contribution in [0.15, 0.2) is 24.8 Å². The second-order valence-electron chi connectivity index (χ2n) is 6.17. The maximum Gasteiger partial charge on any atom is 0.317 e. The SMILES string of the molecule is CCN1CCN(C(=O)NCc2cnn(C)c2)C[C@H]1c1nccn1C. The fourth-order valence-electron chi connectivity index (χ4n) is 3.18. The van der Waals surface area contributed by atoms with E-state index in [1.54, 1.807) is 10.9 Å². The third-order valence-corrected chi connectivity index (χ3v) is 4.54. The third-order valence-electron chi connectivity index (χ3n) is 4.54. The van der Waals surface area contributed by atoms with Crippen LogP contribution in [0.4, 0.5) is 4.79 Å². The normalized spacial score (nSPS) is 18.8. The molecule has 24 heavy (non-hydrogen) atoms. The van der Waals surface area contributed by atoms with E-state index >= 15 is 0 Å². The molecule has 1 N–H and O–H groups in total. The number of likely N-dealkylation sites (N-methyl/N-ethyl adjacent to an activating group) is 1. The second-order valence-corrected chi connectivity index (χ2v) is 6.17. The van der Waals surface area contributed by atoms with Gasteiger partial charge >= 0.3 is 6.03 Å². The lowest BCUT2D eigenvalue weighted by molar-refractivity contribution is 0.0878. The molecule has 0 spiro atoms. The van der Waals surface area contributed by atoms with Gasteiger partial charge in [-0.25, -0.2) is 9.78 Å². The molecule has 130 valence electrons. The van der Waals surface area contributed by atoms with E-state index in [4.69, 9.17) is 0 Å². The summed E-state index contributed by atoms with van der Waals surface area (Å²) in [5.41, 5.74) is 0.999. The average Bonchev–Trinajstić information content (AvgIpc) is 3.20. The van der Waals surface area contributed by atoms with Crippen molar-refractivity contribution in [3.8, 4) is 0 Å². The van der Waals surface area contributed by atoms with E-state index in [0.717, 1.165) is 31.0 Å². The zero-order valence-electron chi connectivity index (χ0n) is 14.5. The summed E-state index contributed by atoms with van der Waals surface area (Å²) in [5, 5.41) is 7.10. The predicted octanol–water partition coefficient (Wildman–Crippen LogP) is 0.742. The standard InChI is InChI=1S/C16H25N7O/c1-4-22-7-8-23(12-14(22)15-17-5-6-20(15)2)16(24)18-9-13-10-19-21(3)11-13/h5-6,10-11,14H,4,7-9,12H2,1-3H3,(H,18,24)/t14-/m0/s1. The fraction of sp³-hybridized carbons (Fsp3) is 0.562. The maximum atomic E-state index is 12.5. The molecule has 1 aliphatic heterocycles. The summed E-state index contributed by atoms with van der Waals surface area (Å²) in [5.74, 6) is 1.00. The zero-order chi connectivity index (χ0) is 17.1. The van der Waals surface area contributed by atoms with Crippen molar-refractivity contribution in [2.24, 2.45) is 14.1 Å². The molecule has 3 rings (SSSR count). The van der Waals surface area contributed by atoms with Crippen LogP contribution in [0.25, 0.3) is 0 Å². The predicted molar refractivity (Wildman–Crippen MR) is 90.2 cm³/mol. The van der Waals surface area contributed by atoms with E-state index in [0.29, 0.717) is 13.1 Å². The first-order valence-electron chi connectivity index (χ1n) is 8.30. The van der Waals surface area contributed by atoms with Crippen molar-refractivity contribution in [3.05, 3.63) is 36.2 Å². The smallest absolute Gasteiger partial charge is 0.317 e. The summed E-state index contributed by atoms with van der Waals surface area (Å²) in [7, 11) is 3.87. The molecule has 0 unspecified atom stereocenters. The molecular weight excluding hydrogens is 306 g/mol. The molecule has 0 saturated carbocycles. The Balaban J connectivity index is 1.64. The fourth-order valence-corrected chi connectivity index (χ4v) is 3.18. The lowest BCUT2D eigenvalue weighted by Gasteiger charge is -2.40. The number of aromatic nitrogens is 4. The van der Waals surface area contributed by atoms with Gasteiger partial charge in [-0.3, -0.25) is 9.58 Å². The van der Waals surface area contributed by atoms with Crippen LogP contribution in [-0.2, 0) is 20.6 Å². The van der Waals surface area contributed by atoms with Crippen LogP contribution in [-0.4, -0.2) is 61.3 Å². The molecule has 0 aromatic carbocycles. The summed E-state index contributed by atoms with van der Waals surface area (Å²) in [6.45, 7) is 5.82. The largest absolute Gasteiger partial charge is 0.337 e. The molecule has 2 aromatic heterocycles. The molecule has 1 atom stereocenters. The second kappa shape index (κ2) is 7.04. The summed E-state index contributed by atoms with van der Waals surface area (Å²) in [6.07, 6.45) is 7.44. The van der Waals surface area contributed by atoms with Gasteiger partial charge in [-0.15, -0.1) is 0 Å². The Morgan fingerprint density at radius 3 is 2.83 bits per heavy atom. The number of rotatable bonds is 4. The van der Waals surface area contributed by atoms with Crippen molar-refractivity contribution in [1.82, 2.24) is 34.4 Å². The molecule has 1 saturated heterocycles. The van der Waals surface area contributed by atoms with Crippen LogP contribution >= 0.6 is 0 Å². The first kappa shape index (κ1) is 16.5. The van der Waals surface area contributed by atoms with Crippen LogP contribution in [0, 0.1) is 0 Å². The number of piperazine rings is 1. The average molecular weight is 331 g/mol. The molecule has 8 nitrogen and oxygen atoms in total. The number of amides is 2. The van der Waals surface area contributed by atoms with Gasteiger partial charge in [0.25, 0.3) is 0 Å². The molecule has 1 aliphatic rings. The van der Waals surface area contributed by atoms with Gasteiger partial charge in [0.2, 0.25) is 0 Å². The van der Waals surface area contributed by atoms with Gasteiger partial charge in [0.15, 0.2) is 0 Å². The number of hydrogen-bond donors (Lipinski definition) is 1. The number of urea groups is 1. The van der Waals surface area contributed by atoms with Gasteiger partial charge in [0, 0.05) is 64.4 Å². The van der Waals surface area contributed by atoms with E-state index in [-0.39, 0.29) is 12.1 Å². The number of aryl methyl sites for hydroxylation is 2. The van der Waals surface area contributed by atoms with Crippen molar-refractivity contribution in [3.63, 3.8) is 0 Å². The molecular formula is C16H25N7O. The van der Waals surface area contributed by atoms with Gasteiger partial charge in [0.05, 0.1) is 12.2 Å². The monoisotopic (exact) mass is 331 g/mol. The van der Waals surface area contributed by atoms with Gasteiger partial charge in [-0.05, 0) is 6.54 Å². The highest BCUT2D eigenvalue weighted by Crippen LogP contribution is 2.23. The van der Waals surface area contributed by atoms with E-state index < -0.39 is 0 Å². The van der Waals surface area contributed by atoms with Crippen LogP contribution in [0.1, 0.15) is 24.4 Å². The van der Waals surface area contributed by atoms with Gasteiger partial charge in [-0.1, -0.05) is 6.92 Å². The highest BCUT2D eigenvalue weighted by atomic mass is 16.2. The first-order chi connectivity index (χ1) is 11.6. The number of hydrogen-bond acceptors (Lipinski definition) is 4. The number of nitrogens with one attached hydrogen (secondary N) is 1. The van der Waals surface area contributed by atoms with Crippen molar-refractivity contribution in [2.45, 2.75) is 19.5 Å². The summed E-state index contributed by atoms with van der Waals surface area (Å²) >= 11 is 0. The first-order valence-corrected chi connectivity index (χ1v) is 8.30. The summed E-state index contributed by atoms with van der Waals surface area (Å²) in [6, 6.07) is 0.0988. The Bertz CT molecular complexity index is 692. The van der Waals surface area contributed by atoms with Crippen molar-refractivity contribution < 1.29 is 4.79 Å². The Labute approximate surface area is 142 Å². The molecule has 0 radical (unpaired) electrons. The molecule has 0 bridgehead atoms. The lowest BCUT2D eigenvalue weighted by Crippen LogP contribution is -2.53. The van der Waals surface area contributed by atoms with Crippen molar-refractivity contribution in [2.75, 3.05) is 26.2 Å². The highest BCUT2D eigenvalue weighted by Gasteiger charge is 2.31. The Hall–Kier alpha value is -2.35. The Morgan fingerprint density at radius 1 is 1.38 bits per heavy atom. The number of imidazole rings is 1. The maximum absolute atomic E-state index is 12.5. The number of carbonyl (C=O) groups excluding carboxylic acids is 1. The molecule has 1 fully saturated rings. The summed E-state index contributed by atoms with van der Waals surface area (Å²) in [4.78, 5) is 21.2.